The van der Waals surface area contributed by atoms with E-state index in [1.807, 2.05) is 11.8 Å². The molecule has 3 atom stereocenters. The largest absolute Gasteiger partial charge is 0.416 e. The van der Waals surface area contributed by atoms with E-state index in [-0.39, 0.29) is 29.8 Å². The quantitative estimate of drug-likeness (QED) is 0.433. The van der Waals surface area contributed by atoms with Gasteiger partial charge >= 0.3 is 12.2 Å². The van der Waals surface area contributed by atoms with Gasteiger partial charge in [-0.25, -0.2) is 9.18 Å². The van der Waals surface area contributed by atoms with E-state index >= 15 is 0 Å². The first-order valence-electron chi connectivity index (χ1n) is 13.7. The van der Waals surface area contributed by atoms with Gasteiger partial charge in [0.2, 0.25) is 5.91 Å². The number of rotatable bonds is 4. The molecule has 40 heavy (non-hydrogen) atoms. The average Bonchev–Trinajstić information content (AvgIpc) is 2.90. The maximum Gasteiger partial charge on any atom is 0.416 e. The van der Waals surface area contributed by atoms with E-state index in [1.54, 1.807) is 44.9 Å². The van der Waals surface area contributed by atoms with E-state index in [0.717, 1.165) is 42.8 Å². The lowest BCUT2D eigenvalue weighted by molar-refractivity contribution is -0.137. The highest BCUT2D eigenvalue weighted by Gasteiger charge is 2.39. The third-order valence-electron chi connectivity index (χ3n) is 8.48. The van der Waals surface area contributed by atoms with Crippen molar-refractivity contribution in [1.29, 1.82) is 0 Å². The van der Waals surface area contributed by atoms with Crippen LogP contribution in [0.15, 0.2) is 36.4 Å². The molecule has 2 saturated heterocycles. The van der Waals surface area contributed by atoms with Crippen molar-refractivity contribution in [2.24, 2.45) is 0 Å². The van der Waals surface area contributed by atoms with Gasteiger partial charge in [-0.05, 0) is 74.6 Å². The van der Waals surface area contributed by atoms with Crippen LogP contribution in [0.1, 0.15) is 66.6 Å². The number of alkyl halides is 3. The first-order chi connectivity index (χ1) is 18.8. The van der Waals surface area contributed by atoms with Crippen LogP contribution < -0.4 is 0 Å². The van der Waals surface area contributed by atoms with Crippen LogP contribution in [0.4, 0.5) is 22.4 Å². The number of amides is 3. The van der Waals surface area contributed by atoms with Crippen molar-refractivity contribution in [3.05, 3.63) is 70.0 Å². The number of likely N-dealkylation sites (tertiary alicyclic amines) is 1. The van der Waals surface area contributed by atoms with Gasteiger partial charge in [0.15, 0.2) is 0 Å². The smallest absolute Gasteiger partial charge is 0.340 e. The molecule has 3 amide bonds. The standard InChI is InChI=1S/C30H38F4N4O2/c1-19-14-23(17-24(15-19)30(32,33)34)21(3)35(5)29(40)38-9-8-26(37-12-10-36(11-13-37)22(4)39)18-28(38)27-7-6-25(31)16-20(27)2/h6-7,14-17,21,26,28H,8-13,18H2,1-5H3/t21-,26+,28-/m1/s1. The number of urea groups is 1. The Morgan fingerprint density at radius 1 is 1.00 bits per heavy atom. The predicted octanol–water partition coefficient (Wildman–Crippen LogP) is 5.94. The van der Waals surface area contributed by atoms with Gasteiger partial charge in [0.05, 0.1) is 17.6 Å². The molecular formula is C30H38F4N4O2. The molecule has 2 aliphatic heterocycles. The molecule has 0 N–H and O–H groups in total. The Bertz CT molecular complexity index is 1240. The summed E-state index contributed by atoms with van der Waals surface area (Å²) in [6, 6.07) is 7.46. The van der Waals surface area contributed by atoms with Crippen LogP contribution in [0.3, 0.4) is 0 Å². The summed E-state index contributed by atoms with van der Waals surface area (Å²) >= 11 is 0. The first-order valence-corrected chi connectivity index (χ1v) is 13.7. The van der Waals surface area contributed by atoms with Crippen LogP contribution in [0.25, 0.3) is 0 Å². The van der Waals surface area contributed by atoms with Crippen LogP contribution >= 0.6 is 0 Å². The van der Waals surface area contributed by atoms with Gasteiger partial charge in [-0.2, -0.15) is 13.2 Å². The number of nitrogens with zero attached hydrogens (tertiary/aromatic N) is 4. The summed E-state index contributed by atoms with van der Waals surface area (Å²) in [5.41, 5.74) is 1.76. The molecule has 4 rings (SSSR count). The lowest BCUT2D eigenvalue weighted by Gasteiger charge is -2.47. The van der Waals surface area contributed by atoms with E-state index < -0.39 is 17.8 Å². The Kier molecular flexibility index (Phi) is 8.77. The minimum absolute atomic E-state index is 0.0630. The van der Waals surface area contributed by atoms with Crippen molar-refractivity contribution in [2.75, 3.05) is 39.8 Å². The molecular weight excluding hydrogens is 524 g/mol. The molecule has 0 unspecified atom stereocenters. The summed E-state index contributed by atoms with van der Waals surface area (Å²) in [5.74, 6) is -0.287. The number of aryl methyl sites for hydroxylation is 2. The second kappa shape index (κ2) is 11.8. The highest BCUT2D eigenvalue weighted by atomic mass is 19.4. The maximum absolute atomic E-state index is 14.0. The molecule has 0 spiro atoms. The Morgan fingerprint density at radius 2 is 1.68 bits per heavy atom. The molecule has 6 nitrogen and oxygen atoms in total. The summed E-state index contributed by atoms with van der Waals surface area (Å²) in [5, 5.41) is 0. The van der Waals surface area contributed by atoms with Gasteiger partial charge in [0, 0.05) is 52.7 Å². The molecule has 0 aromatic heterocycles. The molecule has 2 heterocycles. The molecule has 218 valence electrons. The van der Waals surface area contributed by atoms with Crippen molar-refractivity contribution >= 4 is 11.9 Å². The summed E-state index contributed by atoms with van der Waals surface area (Å²) in [6.45, 7) is 10.0. The van der Waals surface area contributed by atoms with Crippen molar-refractivity contribution in [2.45, 2.75) is 64.8 Å². The SMILES string of the molecule is CC(=O)N1CCN([C@H]2CCN(C(=O)N(C)[C@H](C)c3cc(C)cc(C(F)(F)F)c3)[C@@H](c3ccc(F)cc3C)C2)CC1. The summed E-state index contributed by atoms with van der Waals surface area (Å²) in [6.07, 6.45) is -3.11. The van der Waals surface area contributed by atoms with Crippen molar-refractivity contribution < 1.29 is 27.2 Å². The normalized spacial score (nSPS) is 21.3. The van der Waals surface area contributed by atoms with Crippen LogP contribution in [0, 0.1) is 19.7 Å². The van der Waals surface area contributed by atoms with Crippen molar-refractivity contribution in [1.82, 2.24) is 19.6 Å². The van der Waals surface area contributed by atoms with E-state index in [1.165, 1.54) is 17.0 Å². The summed E-state index contributed by atoms with van der Waals surface area (Å²) in [7, 11) is 1.62. The fourth-order valence-electron chi connectivity index (χ4n) is 6.03. The first kappa shape index (κ1) is 29.8. The second-order valence-corrected chi connectivity index (χ2v) is 11.1. The fraction of sp³-hybridized carbons (Fsp3) is 0.533. The number of halogens is 4. The third-order valence-corrected chi connectivity index (χ3v) is 8.48. The van der Waals surface area contributed by atoms with Crippen LogP contribution in [-0.4, -0.2) is 77.4 Å². The molecule has 0 bridgehead atoms. The van der Waals surface area contributed by atoms with E-state index in [9.17, 15) is 27.2 Å². The minimum Gasteiger partial charge on any atom is -0.340 e. The Morgan fingerprint density at radius 3 is 2.27 bits per heavy atom. The Hall–Kier alpha value is -3.14. The third kappa shape index (κ3) is 6.43. The number of benzene rings is 2. The number of piperazine rings is 1. The van der Waals surface area contributed by atoms with E-state index in [2.05, 4.69) is 4.90 Å². The topological polar surface area (TPSA) is 47.1 Å². The molecule has 0 aliphatic carbocycles. The minimum atomic E-state index is -4.48. The van der Waals surface area contributed by atoms with Gasteiger partial charge in [-0.1, -0.05) is 17.7 Å². The predicted molar refractivity (Wildman–Crippen MR) is 145 cm³/mol. The van der Waals surface area contributed by atoms with E-state index in [0.29, 0.717) is 37.2 Å². The average molecular weight is 563 g/mol. The Balaban J connectivity index is 1.58. The van der Waals surface area contributed by atoms with Crippen molar-refractivity contribution in [3.8, 4) is 0 Å². The lowest BCUT2D eigenvalue weighted by atomic mass is 9.88. The van der Waals surface area contributed by atoms with Crippen LogP contribution in [0.2, 0.25) is 0 Å². The van der Waals surface area contributed by atoms with Gasteiger partial charge in [-0.15, -0.1) is 0 Å². The van der Waals surface area contributed by atoms with Gasteiger partial charge in [-0.3, -0.25) is 9.69 Å². The fourth-order valence-corrected chi connectivity index (χ4v) is 6.03. The number of hydrogen-bond acceptors (Lipinski definition) is 3. The number of carbonyl (C=O) groups is 2. The molecule has 2 fully saturated rings. The lowest BCUT2D eigenvalue weighted by Crippen LogP contribution is -2.56. The van der Waals surface area contributed by atoms with Gasteiger partial charge in [0.25, 0.3) is 0 Å². The summed E-state index contributed by atoms with van der Waals surface area (Å²) in [4.78, 5) is 33.2. The van der Waals surface area contributed by atoms with Crippen LogP contribution in [-0.2, 0) is 11.0 Å². The molecule has 0 radical (unpaired) electrons. The molecule has 0 saturated carbocycles. The monoisotopic (exact) mass is 562 g/mol. The molecule has 2 aliphatic rings. The highest BCUT2D eigenvalue weighted by Crippen LogP contribution is 2.38. The Labute approximate surface area is 233 Å². The maximum atomic E-state index is 14.0. The number of piperidine rings is 1. The molecule has 2 aromatic rings. The number of carbonyl (C=O) groups excluding carboxylic acids is 2. The summed E-state index contributed by atoms with van der Waals surface area (Å²) < 4.78 is 54.4. The second-order valence-electron chi connectivity index (χ2n) is 11.1. The van der Waals surface area contributed by atoms with Gasteiger partial charge < -0.3 is 14.7 Å². The van der Waals surface area contributed by atoms with Crippen LogP contribution in [0.5, 0.6) is 0 Å². The molecule has 2 aromatic carbocycles. The van der Waals surface area contributed by atoms with Gasteiger partial charge in [0.1, 0.15) is 5.82 Å². The number of hydrogen-bond donors (Lipinski definition) is 0. The highest BCUT2D eigenvalue weighted by molar-refractivity contribution is 5.75. The zero-order valence-electron chi connectivity index (χ0n) is 23.8. The van der Waals surface area contributed by atoms with Crippen molar-refractivity contribution in [3.63, 3.8) is 0 Å². The van der Waals surface area contributed by atoms with E-state index in [4.69, 9.17) is 0 Å². The zero-order valence-corrected chi connectivity index (χ0v) is 23.8. The molecule has 10 heteroatoms. The zero-order chi connectivity index (χ0) is 29.4.